The molecule has 0 saturated carbocycles. The molecule has 2 heterocycles. The van der Waals surface area contributed by atoms with Gasteiger partial charge in [0.1, 0.15) is 0 Å². The highest BCUT2D eigenvalue weighted by molar-refractivity contribution is 6.31. The van der Waals surface area contributed by atoms with Crippen molar-refractivity contribution in [3.63, 3.8) is 0 Å². The van der Waals surface area contributed by atoms with Gasteiger partial charge in [0.2, 0.25) is 11.7 Å². The number of nitrogens with one attached hydrogen (secondary N) is 2. The van der Waals surface area contributed by atoms with Gasteiger partial charge in [-0.25, -0.2) is 4.79 Å². The number of piperidine rings is 1. The van der Waals surface area contributed by atoms with Gasteiger partial charge in [-0.05, 0) is 60.6 Å². The number of fused-ring (bicyclic) bond motifs is 1. The zero-order valence-corrected chi connectivity index (χ0v) is 24.1. The summed E-state index contributed by atoms with van der Waals surface area (Å²) in [6.45, 7) is 0.989. The fraction of sp³-hybridized carbons (Fsp3) is 0.333. The van der Waals surface area contributed by atoms with E-state index in [1.807, 2.05) is 36.4 Å². The fourth-order valence-corrected chi connectivity index (χ4v) is 6.38. The number of carbonyl (C=O) groups is 2. The molecule has 0 spiro atoms. The van der Waals surface area contributed by atoms with Crippen molar-refractivity contribution < 1.29 is 23.8 Å². The number of anilines is 2. The molecule has 1 unspecified atom stereocenters. The maximum Gasteiger partial charge on any atom is 0.321 e. The van der Waals surface area contributed by atoms with Crippen LogP contribution in [0.3, 0.4) is 0 Å². The van der Waals surface area contributed by atoms with Crippen LogP contribution in [0.1, 0.15) is 24.0 Å². The fourth-order valence-electron chi connectivity index (χ4n) is 5.99. The summed E-state index contributed by atoms with van der Waals surface area (Å²) in [6, 6.07) is 16.3. The number of rotatable bonds is 7. The highest BCUT2D eigenvalue weighted by atomic mass is 35.5. The van der Waals surface area contributed by atoms with Crippen molar-refractivity contribution in [1.82, 2.24) is 4.90 Å². The van der Waals surface area contributed by atoms with Gasteiger partial charge in [-0.2, -0.15) is 0 Å². The largest absolute Gasteiger partial charge is 0.493 e. The monoisotopic (exact) mass is 583 g/mol. The van der Waals surface area contributed by atoms with E-state index in [1.54, 1.807) is 23.1 Å². The number of urea groups is 1. The van der Waals surface area contributed by atoms with Crippen LogP contribution in [0.15, 0.2) is 54.6 Å². The zero-order chi connectivity index (χ0) is 28.4. The molecule has 10 heteroatoms. The number of amides is 3. The van der Waals surface area contributed by atoms with Crippen molar-refractivity contribution in [2.24, 2.45) is 5.92 Å². The molecule has 210 valence electrons. The normalized spacial score (nSPS) is 18.6. The van der Waals surface area contributed by atoms with Crippen LogP contribution in [0.4, 0.5) is 16.2 Å². The van der Waals surface area contributed by atoms with E-state index in [1.165, 1.54) is 21.3 Å². The lowest BCUT2D eigenvalue weighted by atomic mass is 9.64. The average molecular weight is 585 g/mol. The van der Waals surface area contributed by atoms with Crippen molar-refractivity contribution in [1.29, 1.82) is 0 Å². The summed E-state index contributed by atoms with van der Waals surface area (Å²) in [5, 5.41) is 7.21. The summed E-state index contributed by atoms with van der Waals surface area (Å²) in [5.74, 6) is 1.30. The topological polar surface area (TPSA) is 89.1 Å². The number of ether oxygens (including phenoxy) is 3. The van der Waals surface area contributed by atoms with Crippen molar-refractivity contribution in [3.05, 3.63) is 75.8 Å². The number of nitrogens with zero attached hydrogens (tertiary/aromatic N) is 1. The third kappa shape index (κ3) is 5.13. The van der Waals surface area contributed by atoms with Crippen LogP contribution in [-0.2, 0) is 16.6 Å². The molecule has 1 saturated heterocycles. The molecule has 0 aliphatic carbocycles. The van der Waals surface area contributed by atoms with Crippen molar-refractivity contribution in [2.75, 3.05) is 45.1 Å². The molecule has 2 aliphatic heterocycles. The zero-order valence-electron chi connectivity index (χ0n) is 22.6. The number of hydrogen-bond donors (Lipinski definition) is 2. The molecule has 40 heavy (non-hydrogen) atoms. The maximum absolute atomic E-state index is 13.8. The van der Waals surface area contributed by atoms with E-state index in [2.05, 4.69) is 10.6 Å². The first-order chi connectivity index (χ1) is 19.3. The van der Waals surface area contributed by atoms with E-state index in [9.17, 15) is 9.59 Å². The van der Waals surface area contributed by atoms with E-state index in [0.29, 0.717) is 65.3 Å². The van der Waals surface area contributed by atoms with Crippen LogP contribution in [0.5, 0.6) is 17.2 Å². The highest BCUT2D eigenvalue weighted by Gasteiger charge is 2.52. The smallest absolute Gasteiger partial charge is 0.321 e. The minimum absolute atomic E-state index is 0.000804. The second kappa shape index (κ2) is 11.5. The van der Waals surface area contributed by atoms with Crippen LogP contribution >= 0.6 is 23.2 Å². The predicted molar refractivity (Wildman–Crippen MR) is 156 cm³/mol. The van der Waals surface area contributed by atoms with Crippen molar-refractivity contribution >= 4 is 46.5 Å². The van der Waals surface area contributed by atoms with Crippen LogP contribution in [0.2, 0.25) is 10.0 Å². The Morgan fingerprint density at radius 1 is 0.975 bits per heavy atom. The van der Waals surface area contributed by atoms with Crippen LogP contribution in [0, 0.1) is 5.92 Å². The standard InChI is InChI=1S/C30H31Cl2N3O5/c1-38-25-15-22(16-26(39-2)27(25)40-3)33-29(37)35-11-9-19(10-12-35)30(17-18-5-4-6-20(31)13-18)23-8-7-21(32)14-24(23)34-28(30)36/h4-8,13-16,19H,9-12,17H2,1-3H3,(H,33,37)(H,34,36). The minimum atomic E-state index is -0.802. The molecule has 5 rings (SSSR count). The summed E-state index contributed by atoms with van der Waals surface area (Å²) in [5.41, 5.74) is 2.38. The first-order valence-electron chi connectivity index (χ1n) is 13.0. The van der Waals surface area contributed by atoms with E-state index in [-0.39, 0.29) is 17.9 Å². The van der Waals surface area contributed by atoms with Gasteiger partial charge < -0.3 is 29.7 Å². The molecule has 0 radical (unpaired) electrons. The molecular weight excluding hydrogens is 553 g/mol. The molecule has 2 N–H and O–H groups in total. The van der Waals surface area contributed by atoms with Crippen molar-refractivity contribution in [2.45, 2.75) is 24.7 Å². The first kappa shape index (κ1) is 27.9. The number of carbonyl (C=O) groups excluding carboxylic acids is 2. The van der Waals surface area contributed by atoms with Gasteiger partial charge in [0, 0.05) is 41.0 Å². The molecule has 1 fully saturated rings. The number of likely N-dealkylation sites (tertiary alicyclic amines) is 1. The maximum atomic E-state index is 13.8. The van der Waals surface area contributed by atoms with Gasteiger partial charge in [0.15, 0.2) is 11.5 Å². The molecule has 3 aromatic carbocycles. The van der Waals surface area contributed by atoms with E-state index >= 15 is 0 Å². The second-order valence-corrected chi connectivity index (χ2v) is 10.9. The Labute approximate surface area is 243 Å². The highest BCUT2D eigenvalue weighted by Crippen LogP contribution is 2.49. The Kier molecular flexibility index (Phi) is 8.01. The Morgan fingerprint density at radius 2 is 1.65 bits per heavy atom. The summed E-state index contributed by atoms with van der Waals surface area (Å²) >= 11 is 12.6. The Hall–Kier alpha value is -3.62. The lowest BCUT2D eigenvalue weighted by Gasteiger charge is -2.41. The van der Waals surface area contributed by atoms with Gasteiger partial charge in [-0.1, -0.05) is 41.4 Å². The molecule has 3 aromatic rings. The van der Waals surface area contributed by atoms with E-state index in [4.69, 9.17) is 37.4 Å². The van der Waals surface area contributed by atoms with Gasteiger partial charge in [0.05, 0.1) is 32.4 Å². The van der Waals surface area contributed by atoms with Crippen LogP contribution < -0.4 is 24.8 Å². The number of halogens is 2. The van der Waals surface area contributed by atoms with Gasteiger partial charge >= 0.3 is 6.03 Å². The first-order valence-corrected chi connectivity index (χ1v) is 13.8. The van der Waals surface area contributed by atoms with Gasteiger partial charge in [0.25, 0.3) is 0 Å². The average Bonchev–Trinajstić information content (AvgIpc) is 3.22. The summed E-state index contributed by atoms with van der Waals surface area (Å²) in [4.78, 5) is 28.8. The Bertz CT molecular complexity index is 1420. The molecule has 3 amide bonds. The Morgan fingerprint density at radius 3 is 2.27 bits per heavy atom. The minimum Gasteiger partial charge on any atom is -0.493 e. The lowest BCUT2D eigenvalue weighted by Crippen LogP contribution is -2.50. The van der Waals surface area contributed by atoms with Gasteiger partial charge in [-0.15, -0.1) is 0 Å². The molecule has 1 atom stereocenters. The van der Waals surface area contributed by atoms with Crippen LogP contribution in [-0.4, -0.2) is 51.3 Å². The third-order valence-corrected chi connectivity index (χ3v) is 8.35. The van der Waals surface area contributed by atoms with E-state index in [0.717, 1.165) is 16.8 Å². The van der Waals surface area contributed by atoms with Crippen LogP contribution in [0.25, 0.3) is 0 Å². The quantitative estimate of drug-likeness (QED) is 0.336. The van der Waals surface area contributed by atoms with E-state index < -0.39 is 5.41 Å². The second-order valence-electron chi connectivity index (χ2n) is 10.0. The summed E-state index contributed by atoms with van der Waals surface area (Å²) in [7, 11) is 4.58. The predicted octanol–water partition coefficient (Wildman–Crippen LogP) is 6.40. The van der Waals surface area contributed by atoms with Gasteiger partial charge in [-0.3, -0.25) is 4.79 Å². The number of benzene rings is 3. The Balaban J connectivity index is 1.37. The molecule has 2 aliphatic rings. The summed E-state index contributed by atoms with van der Waals surface area (Å²) in [6.07, 6.45) is 1.80. The molecule has 8 nitrogen and oxygen atoms in total. The number of methoxy groups -OCH3 is 3. The van der Waals surface area contributed by atoms with Crippen molar-refractivity contribution in [3.8, 4) is 17.2 Å². The lowest BCUT2D eigenvalue weighted by molar-refractivity contribution is -0.123. The number of hydrogen-bond acceptors (Lipinski definition) is 5. The third-order valence-electron chi connectivity index (χ3n) is 7.88. The molecule has 0 aromatic heterocycles. The molecule has 0 bridgehead atoms. The SMILES string of the molecule is COc1cc(NC(=O)N2CCC(C3(Cc4cccc(Cl)c4)C(=O)Nc4cc(Cl)ccc43)CC2)cc(OC)c1OC. The summed E-state index contributed by atoms with van der Waals surface area (Å²) < 4.78 is 16.2. The molecular formula is C30H31Cl2N3O5.